The van der Waals surface area contributed by atoms with Crippen molar-refractivity contribution in [1.29, 1.82) is 0 Å². The van der Waals surface area contributed by atoms with Crippen LogP contribution in [0.25, 0.3) is 0 Å². The summed E-state index contributed by atoms with van der Waals surface area (Å²) in [5, 5.41) is 0. The Labute approximate surface area is 126 Å². The van der Waals surface area contributed by atoms with Gasteiger partial charge in [0, 0.05) is 29.5 Å². The minimum Gasteiger partial charge on any atom is -0.323 e. The van der Waals surface area contributed by atoms with Gasteiger partial charge in [-0.1, -0.05) is 30.3 Å². The molecule has 1 aromatic carbocycles. The molecule has 0 saturated carbocycles. The number of hydrogen-bond acceptors (Lipinski definition) is 4. The predicted octanol–water partition coefficient (Wildman–Crippen LogP) is 1.82. The maximum atomic E-state index is 12.1. The van der Waals surface area contributed by atoms with Gasteiger partial charge in [-0.25, -0.2) is 13.1 Å². The Morgan fingerprint density at radius 3 is 2.60 bits per heavy atom. The van der Waals surface area contributed by atoms with Crippen molar-refractivity contribution in [2.45, 2.75) is 10.9 Å². The van der Waals surface area contributed by atoms with E-state index in [9.17, 15) is 8.42 Å². The molecule has 0 aliphatic carbocycles. The molecule has 0 aliphatic rings. The molecule has 2 aromatic rings. The van der Waals surface area contributed by atoms with Crippen LogP contribution in [0.15, 0.2) is 58.2 Å². The molecule has 0 saturated heterocycles. The summed E-state index contributed by atoms with van der Waals surface area (Å²) in [6.07, 6.45) is 2.82. The van der Waals surface area contributed by atoms with Gasteiger partial charge in [0.15, 0.2) is 0 Å². The van der Waals surface area contributed by atoms with Gasteiger partial charge in [0.05, 0.1) is 0 Å². The first-order valence-corrected chi connectivity index (χ1v) is 8.17. The maximum Gasteiger partial charge on any atom is 0.242 e. The fourth-order valence-corrected chi connectivity index (χ4v) is 3.20. The second-order valence-corrected chi connectivity index (χ2v) is 6.89. The smallest absolute Gasteiger partial charge is 0.242 e. The molecule has 3 N–H and O–H groups in total. The van der Waals surface area contributed by atoms with Crippen LogP contribution >= 0.6 is 15.9 Å². The summed E-state index contributed by atoms with van der Waals surface area (Å²) in [6.45, 7) is 0.124. The van der Waals surface area contributed by atoms with E-state index in [4.69, 9.17) is 5.73 Å². The summed E-state index contributed by atoms with van der Waals surface area (Å²) in [5.41, 5.74) is 6.84. The van der Waals surface area contributed by atoms with E-state index < -0.39 is 16.1 Å². The largest absolute Gasteiger partial charge is 0.323 e. The standard InChI is InChI=1S/C13H14BrN3O2S/c14-11-6-12(8-16-7-11)20(18,19)17-9-13(15)10-4-2-1-3-5-10/h1-8,13,17H,9,15H2. The zero-order valence-corrected chi connectivity index (χ0v) is 12.9. The molecule has 7 heteroatoms. The van der Waals surface area contributed by atoms with Gasteiger partial charge in [0.25, 0.3) is 0 Å². The lowest BCUT2D eigenvalue weighted by atomic mass is 10.1. The van der Waals surface area contributed by atoms with Crippen LogP contribution in [0.3, 0.4) is 0 Å². The zero-order chi connectivity index (χ0) is 14.6. The number of nitrogens with one attached hydrogen (secondary N) is 1. The van der Waals surface area contributed by atoms with Crippen LogP contribution in [-0.4, -0.2) is 19.9 Å². The number of pyridine rings is 1. The van der Waals surface area contributed by atoms with Crippen molar-refractivity contribution in [3.8, 4) is 0 Å². The summed E-state index contributed by atoms with van der Waals surface area (Å²) in [7, 11) is -3.61. The second-order valence-electron chi connectivity index (χ2n) is 4.21. The Hall–Kier alpha value is -1.28. The SMILES string of the molecule is NC(CNS(=O)(=O)c1cncc(Br)c1)c1ccccc1. The average Bonchev–Trinajstić information content (AvgIpc) is 2.46. The number of nitrogens with zero attached hydrogens (tertiary/aromatic N) is 1. The lowest BCUT2D eigenvalue weighted by Gasteiger charge is -2.13. The molecule has 1 atom stereocenters. The molecule has 0 spiro atoms. The van der Waals surface area contributed by atoms with E-state index in [1.165, 1.54) is 18.5 Å². The number of sulfonamides is 1. The number of halogens is 1. The molecular weight excluding hydrogens is 342 g/mol. The third-order valence-corrected chi connectivity index (χ3v) is 4.54. The molecule has 1 unspecified atom stereocenters. The van der Waals surface area contributed by atoms with Crippen LogP contribution in [0.5, 0.6) is 0 Å². The quantitative estimate of drug-likeness (QED) is 0.856. The van der Waals surface area contributed by atoms with Crippen molar-refractivity contribution in [3.63, 3.8) is 0 Å². The lowest BCUT2D eigenvalue weighted by Crippen LogP contribution is -2.32. The lowest BCUT2D eigenvalue weighted by molar-refractivity contribution is 0.572. The molecular formula is C13H14BrN3O2S. The highest BCUT2D eigenvalue weighted by Crippen LogP contribution is 2.15. The van der Waals surface area contributed by atoms with E-state index in [-0.39, 0.29) is 11.4 Å². The number of hydrogen-bond donors (Lipinski definition) is 2. The second kappa shape index (κ2) is 6.45. The van der Waals surface area contributed by atoms with Crippen molar-refractivity contribution in [1.82, 2.24) is 9.71 Å². The van der Waals surface area contributed by atoms with Crippen LogP contribution in [0, 0.1) is 0 Å². The van der Waals surface area contributed by atoms with Crippen molar-refractivity contribution >= 4 is 26.0 Å². The van der Waals surface area contributed by atoms with Gasteiger partial charge in [-0.15, -0.1) is 0 Å². The van der Waals surface area contributed by atoms with Crippen LogP contribution in [0.4, 0.5) is 0 Å². The molecule has 0 radical (unpaired) electrons. The first kappa shape index (κ1) is 15.1. The molecule has 106 valence electrons. The fraction of sp³-hybridized carbons (Fsp3) is 0.154. The molecule has 20 heavy (non-hydrogen) atoms. The third-order valence-electron chi connectivity index (χ3n) is 2.71. The number of benzene rings is 1. The van der Waals surface area contributed by atoms with Crippen LogP contribution in [-0.2, 0) is 10.0 Å². The summed E-state index contributed by atoms with van der Waals surface area (Å²) >= 11 is 3.19. The Morgan fingerprint density at radius 1 is 1.25 bits per heavy atom. The molecule has 0 aliphatic heterocycles. The Balaban J connectivity index is 2.07. The van der Waals surface area contributed by atoms with Crippen LogP contribution in [0.1, 0.15) is 11.6 Å². The van der Waals surface area contributed by atoms with Gasteiger partial charge in [0.1, 0.15) is 4.90 Å². The minimum atomic E-state index is -3.61. The highest BCUT2D eigenvalue weighted by atomic mass is 79.9. The van der Waals surface area contributed by atoms with Crippen molar-refractivity contribution in [2.75, 3.05) is 6.54 Å². The van der Waals surface area contributed by atoms with Gasteiger partial charge in [-0.05, 0) is 27.6 Å². The van der Waals surface area contributed by atoms with Gasteiger partial charge in [-0.2, -0.15) is 0 Å². The van der Waals surface area contributed by atoms with Crippen molar-refractivity contribution in [2.24, 2.45) is 5.73 Å². The first-order chi connectivity index (χ1) is 9.49. The topological polar surface area (TPSA) is 85.1 Å². The summed E-state index contributed by atoms with van der Waals surface area (Å²) in [6, 6.07) is 10.4. The van der Waals surface area contributed by atoms with Gasteiger partial charge in [-0.3, -0.25) is 4.98 Å². The molecule has 2 rings (SSSR count). The first-order valence-electron chi connectivity index (χ1n) is 5.90. The number of rotatable bonds is 5. The van der Waals surface area contributed by atoms with E-state index in [1.54, 1.807) is 0 Å². The third kappa shape index (κ3) is 3.86. The fourth-order valence-electron chi connectivity index (χ4n) is 1.64. The molecule has 1 heterocycles. The molecule has 1 aromatic heterocycles. The molecule has 0 bridgehead atoms. The Morgan fingerprint density at radius 2 is 1.95 bits per heavy atom. The van der Waals surface area contributed by atoms with E-state index in [0.29, 0.717) is 4.47 Å². The average molecular weight is 356 g/mol. The van der Waals surface area contributed by atoms with Crippen LogP contribution in [0.2, 0.25) is 0 Å². The monoisotopic (exact) mass is 355 g/mol. The zero-order valence-electron chi connectivity index (χ0n) is 10.5. The number of aromatic nitrogens is 1. The van der Waals surface area contributed by atoms with Crippen molar-refractivity contribution in [3.05, 3.63) is 58.8 Å². The van der Waals surface area contributed by atoms with E-state index in [1.807, 2.05) is 30.3 Å². The van der Waals surface area contributed by atoms with E-state index in [0.717, 1.165) is 5.56 Å². The highest BCUT2D eigenvalue weighted by molar-refractivity contribution is 9.10. The summed E-state index contributed by atoms with van der Waals surface area (Å²) in [4.78, 5) is 3.94. The van der Waals surface area contributed by atoms with Gasteiger partial charge >= 0.3 is 0 Å². The van der Waals surface area contributed by atoms with Crippen molar-refractivity contribution < 1.29 is 8.42 Å². The van der Waals surface area contributed by atoms with Gasteiger partial charge in [0.2, 0.25) is 10.0 Å². The van der Waals surface area contributed by atoms with E-state index >= 15 is 0 Å². The maximum absolute atomic E-state index is 12.1. The summed E-state index contributed by atoms with van der Waals surface area (Å²) in [5.74, 6) is 0. The molecule has 5 nitrogen and oxygen atoms in total. The van der Waals surface area contributed by atoms with Crippen LogP contribution < -0.4 is 10.5 Å². The Kier molecular flexibility index (Phi) is 4.87. The van der Waals surface area contributed by atoms with E-state index in [2.05, 4.69) is 25.6 Å². The summed E-state index contributed by atoms with van der Waals surface area (Å²) < 4.78 is 27.3. The molecule has 0 amide bonds. The predicted molar refractivity (Wildman–Crippen MR) is 80.5 cm³/mol. The van der Waals surface area contributed by atoms with Gasteiger partial charge < -0.3 is 5.73 Å². The number of nitrogens with two attached hydrogens (primary N) is 1. The molecule has 0 fully saturated rings. The normalized spacial score (nSPS) is 13.1. The minimum absolute atomic E-state index is 0.104. The highest BCUT2D eigenvalue weighted by Gasteiger charge is 2.16. The Bertz CT molecular complexity index is 677.